The quantitative estimate of drug-likeness (QED) is 0.607. The third-order valence-electron chi connectivity index (χ3n) is 3.62. The van der Waals surface area contributed by atoms with E-state index in [9.17, 15) is 0 Å². The van der Waals surface area contributed by atoms with E-state index in [0.717, 1.165) is 44.3 Å². The zero-order valence-corrected chi connectivity index (χ0v) is 11.2. The van der Waals surface area contributed by atoms with Gasteiger partial charge in [0.05, 0.1) is 12.2 Å². The third kappa shape index (κ3) is 3.46. The number of nitrogens with zero attached hydrogens (tertiary/aromatic N) is 2. The minimum Gasteiger partial charge on any atom is -0.370 e. The lowest BCUT2D eigenvalue weighted by Gasteiger charge is -2.29. The molecular formula is C13H25N5. The predicted molar refractivity (Wildman–Crippen MR) is 74.7 cm³/mol. The molecule has 1 aromatic heterocycles. The summed E-state index contributed by atoms with van der Waals surface area (Å²) in [6.07, 6.45) is 5.43. The van der Waals surface area contributed by atoms with E-state index >= 15 is 0 Å². The molecule has 1 atom stereocenters. The Morgan fingerprint density at radius 1 is 1.56 bits per heavy atom. The van der Waals surface area contributed by atoms with Crippen LogP contribution in [-0.4, -0.2) is 36.0 Å². The van der Waals surface area contributed by atoms with Gasteiger partial charge in [-0.15, -0.1) is 0 Å². The van der Waals surface area contributed by atoms with E-state index in [1.165, 1.54) is 12.8 Å². The first-order valence-corrected chi connectivity index (χ1v) is 6.99. The Hall–Kier alpha value is -1.07. The highest BCUT2D eigenvalue weighted by atomic mass is 15.4. The summed E-state index contributed by atoms with van der Waals surface area (Å²) >= 11 is 0. The molecule has 0 spiro atoms. The van der Waals surface area contributed by atoms with Crippen LogP contribution in [0.15, 0.2) is 12.3 Å². The van der Waals surface area contributed by atoms with Crippen LogP contribution in [0.1, 0.15) is 32.2 Å². The molecule has 1 unspecified atom stereocenters. The first-order chi connectivity index (χ1) is 8.81. The van der Waals surface area contributed by atoms with Crippen molar-refractivity contribution in [3.05, 3.63) is 12.3 Å². The molecule has 0 amide bonds. The molecular weight excluding hydrogens is 226 g/mol. The molecule has 4 N–H and O–H groups in total. The van der Waals surface area contributed by atoms with Crippen LogP contribution < -0.4 is 16.4 Å². The zero-order chi connectivity index (χ0) is 12.8. The SMILES string of the molecule is CC(CCN)CCCNc1ccnn1C1CNC1. The predicted octanol–water partition coefficient (Wildman–Crippen LogP) is 1.20. The second kappa shape index (κ2) is 6.75. The van der Waals surface area contributed by atoms with Crippen molar-refractivity contribution in [2.24, 2.45) is 11.7 Å². The molecule has 0 saturated carbocycles. The summed E-state index contributed by atoms with van der Waals surface area (Å²) in [6, 6.07) is 2.58. The second-order valence-electron chi connectivity index (χ2n) is 5.22. The van der Waals surface area contributed by atoms with Gasteiger partial charge in [-0.3, -0.25) is 0 Å². The molecule has 2 rings (SSSR count). The first kappa shape index (κ1) is 13.4. The molecule has 1 aliphatic rings. The van der Waals surface area contributed by atoms with E-state index in [2.05, 4.69) is 33.4 Å². The van der Waals surface area contributed by atoms with Crippen molar-refractivity contribution in [1.29, 1.82) is 0 Å². The number of aromatic nitrogens is 2. The summed E-state index contributed by atoms with van der Waals surface area (Å²) in [4.78, 5) is 0. The molecule has 102 valence electrons. The average Bonchev–Trinajstić information content (AvgIpc) is 2.71. The third-order valence-corrected chi connectivity index (χ3v) is 3.62. The normalized spacial score (nSPS) is 17.4. The maximum atomic E-state index is 5.55. The topological polar surface area (TPSA) is 67.9 Å². The minimum absolute atomic E-state index is 0.527. The van der Waals surface area contributed by atoms with Gasteiger partial charge in [-0.1, -0.05) is 6.92 Å². The average molecular weight is 251 g/mol. The number of nitrogens with one attached hydrogen (secondary N) is 2. The van der Waals surface area contributed by atoms with E-state index in [0.29, 0.717) is 6.04 Å². The van der Waals surface area contributed by atoms with Gasteiger partial charge in [0.2, 0.25) is 0 Å². The van der Waals surface area contributed by atoms with Gasteiger partial charge in [0.15, 0.2) is 0 Å². The van der Waals surface area contributed by atoms with Crippen molar-refractivity contribution in [3.8, 4) is 0 Å². The summed E-state index contributed by atoms with van der Waals surface area (Å²) in [5.74, 6) is 1.88. The Bertz CT molecular complexity index is 345. The number of hydrogen-bond donors (Lipinski definition) is 3. The van der Waals surface area contributed by atoms with Crippen LogP contribution in [0.2, 0.25) is 0 Å². The van der Waals surface area contributed by atoms with Crippen LogP contribution in [0.5, 0.6) is 0 Å². The van der Waals surface area contributed by atoms with Gasteiger partial charge in [0, 0.05) is 25.7 Å². The van der Waals surface area contributed by atoms with Crippen molar-refractivity contribution < 1.29 is 0 Å². The maximum Gasteiger partial charge on any atom is 0.124 e. The minimum atomic E-state index is 0.527. The van der Waals surface area contributed by atoms with E-state index in [1.807, 2.05) is 6.20 Å². The van der Waals surface area contributed by atoms with Crippen LogP contribution in [0, 0.1) is 5.92 Å². The van der Waals surface area contributed by atoms with Crippen molar-refractivity contribution in [1.82, 2.24) is 15.1 Å². The van der Waals surface area contributed by atoms with Crippen molar-refractivity contribution in [3.63, 3.8) is 0 Å². The molecule has 18 heavy (non-hydrogen) atoms. The Morgan fingerprint density at radius 3 is 3.06 bits per heavy atom. The number of anilines is 1. The number of nitrogens with two attached hydrogens (primary N) is 1. The standard InChI is InChI=1S/C13H25N5/c1-11(4-6-14)3-2-7-16-13-5-8-17-18(13)12-9-15-10-12/h5,8,11-12,15-16H,2-4,6-7,9-10,14H2,1H3. The molecule has 5 nitrogen and oxygen atoms in total. The Morgan fingerprint density at radius 2 is 2.39 bits per heavy atom. The highest BCUT2D eigenvalue weighted by molar-refractivity contribution is 5.34. The molecule has 0 aromatic carbocycles. The molecule has 0 radical (unpaired) electrons. The van der Waals surface area contributed by atoms with Gasteiger partial charge in [-0.25, -0.2) is 4.68 Å². The summed E-state index contributed by atoms with van der Waals surface area (Å²) in [5.41, 5.74) is 5.55. The Labute approximate surface area is 109 Å². The monoisotopic (exact) mass is 251 g/mol. The van der Waals surface area contributed by atoms with Crippen LogP contribution >= 0.6 is 0 Å². The fourth-order valence-electron chi connectivity index (χ4n) is 2.29. The number of rotatable bonds is 8. The molecule has 5 heteroatoms. The van der Waals surface area contributed by atoms with Crippen molar-refractivity contribution in [2.45, 2.75) is 32.2 Å². The largest absolute Gasteiger partial charge is 0.370 e. The smallest absolute Gasteiger partial charge is 0.124 e. The van der Waals surface area contributed by atoms with Gasteiger partial charge in [0.1, 0.15) is 5.82 Å². The summed E-state index contributed by atoms with van der Waals surface area (Å²) in [7, 11) is 0. The summed E-state index contributed by atoms with van der Waals surface area (Å²) < 4.78 is 2.10. The van der Waals surface area contributed by atoms with E-state index < -0.39 is 0 Å². The van der Waals surface area contributed by atoms with Crippen molar-refractivity contribution >= 4 is 5.82 Å². The molecule has 1 fully saturated rings. The summed E-state index contributed by atoms with van der Waals surface area (Å²) in [6.45, 7) is 6.15. The fourth-order valence-corrected chi connectivity index (χ4v) is 2.29. The number of hydrogen-bond acceptors (Lipinski definition) is 4. The highest BCUT2D eigenvalue weighted by Gasteiger charge is 2.21. The Balaban J connectivity index is 1.68. The van der Waals surface area contributed by atoms with Gasteiger partial charge in [-0.2, -0.15) is 5.10 Å². The molecule has 0 aliphatic carbocycles. The van der Waals surface area contributed by atoms with Gasteiger partial charge in [-0.05, 0) is 31.7 Å². The highest BCUT2D eigenvalue weighted by Crippen LogP contribution is 2.17. The van der Waals surface area contributed by atoms with Gasteiger partial charge in [0.25, 0.3) is 0 Å². The first-order valence-electron chi connectivity index (χ1n) is 6.99. The van der Waals surface area contributed by atoms with Crippen LogP contribution in [-0.2, 0) is 0 Å². The van der Waals surface area contributed by atoms with E-state index in [4.69, 9.17) is 5.73 Å². The van der Waals surface area contributed by atoms with Crippen LogP contribution in [0.3, 0.4) is 0 Å². The lowest BCUT2D eigenvalue weighted by atomic mass is 10.0. The fraction of sp³-hybridized carbons (Fsp3) is 0.769. The van der Waals surface area contributed by atoms with Gasteiger partial charge >= 0.3 is 0 Å². The molecule has 1 saturated heterocycles. The van der Waals surface area contributed by atoms with E-state index in [-0.39, 0.29) is 0 Å². The Kier molecular flexibility index (Phi) is 5.01. The molecule has 1 aliphatic heterocycles. The van der Waals surface area contributed by atoms with Crippen molar-refractivity contribution in [2.75, 3.05) is 31.5 Å². The lowest BCUT2D eigenvalue weighted by molar-refractivity contribution is 0.321. The molecule has 0 bridgehead atoms. The summed E-state index contributed by atoms with van der Waals surface area (Å²) in [5, 5.41) is 11.1. The molecule has 1 aromatic rings. The van der Waals surface area contributed by atoms with E-state index in [1.54, 1.807) is 0 Å². The van der Waals surface area contributed by atoms with Gasteiger partial charge < -0.3 is 16.4 Å². The lowest BCUT2D eigenvalue weighted by Crippen LogP contribution is -2.44. The van der Waals surface area contributed by atoms with Crippen LogP contribution in [0.25, 0.3) is 0 Å². The maximum absolute atomic E-state index is 5.55. The second-order valence-corrected chi connectivity index (χ2v) is 5.22. The zero-order valence-electron chi connectivity index (χ0n) is 11.2. The van der Waals surface area contributed by atoms with Crippen LogP contribution in [0.4, 0.5) is 5.82 Å². The molecule has 2 heterocycles.